The third kappa shape index (κ3) is 1.80. The average molecular weight is 239 g/mol. The second-order valence-electron chi connectivity index (χ2n) is 4.34. The fraction of sp³-hybridized carbons (Fsp3) is 0.214. The number of fused-ring (bicyclic) bond motifs is 1. The smallest absolute Gasteiger partial charge is 0.189 e. The molecule has 1 unspecified atom stereocenters. The van der Waals surface area contributed by atoms with Crippen molar-refractivity contribution in [3.8, 4) is 0 Å². The van der Waals surface area contributed by atoms with E-state index in [1.54, 1.807) is 12.4 Å². The van der Waals surface area contributed by atoms with E-state index in [9.17, 15) is 5.11 Å². The summed E-state index contributed by atoms with van der Waals surface area (Å²) < 4.78 is 0. The van der Waals surface area contributed by atoms with E-state index < -0.39 is 6.23 Å². The van der Waals surface area contributed by atoms with Crippen molar-refractivity contribution >= 4 is 5.71 Å². The van der Waals surface area contributed by atoms with Crippen LogP contribution in [0, 0.1) is 6.92 Å². The standard InChI is InChI=1S/C14H13N3O/c1-9-4-2-6-15-12(9)11-8-10-5-3-7-16-13(10)14(18)17-11/h2-7,14,18H,8H2,1H3. The van der Waals surface area contributed by atoms with Gasteiger partial charge >= 0.3 is 0 Å². The first-order valence-electron chi connectivity index (χ1n) is 5.86. The van der Waals surface area contributed by atoms with Gasteiger partial charge in [-0.25, -0.2) is 4.99 Å². The predicted molar refractivity (Wildman–Crippen MR) is 68.4 cm³/mol. The Morgan fingerprint density at radius 2 is 1.94 bits per heavy atom. The zero-order valence-corrected chi connectivity index (χ0v) is 10.0. The molecule has 3 rings (SSSR count). The van der Waals surface area contributed by atoms with E-state index >= 15 is 0 Å². The number of aliphatic hydroxyl groups is 1. The summed E-state index contributed by atoms with van der Waals surface area (Å²) >= 11 is 0. The van der Waals surface area contributed by atoms with E-state index in [1.165, 1.54) is 0 Å². The Labute approximate surface area is 105 Å². The largest absolute Gasteiger partial charge is 0.367 e. The number of aromatic nitrogens is 2. The summed E-state index contributed by atoms with van der Waals surface area (Å²) in [5, 5.41) is 10.0. The summed E-state index contributed by atoms with van der Waals surface area (Å²) in [6.07, 6.45) is 3.20. The number of hydrogen-bond acceptors (Lipinski definition) is 4. The molecule has 3 heterocycles. The molecule has 2 aromatic rings. The molecule has 0 saturated heterocycles. The molecule has 90 valence electrons. The first-order valence-corrected chi connectivity index (χ1v) is 5.86. The normalized spacial score (nSPS) is 18.1. The van der Waals surface area contributed by atoms with Crippen LogP contribution in [0.3, 0.4) is 0 Å². The highest BCUT2D eigenvalue weighted by molar-refractivity contribution is 6.02. The predicted octanol–water partition coefficient (Wildman–Crippen LogP) is 1.82. The van der Waals surface area contributed by atoms with E-state index in [0.717, 1.165) is 22.5 Å². The van der Waals surface area contributed by atoms with Gasteiger partial charge in [-0.2, -0.15) is 0 Å². The van der Waals surface area contributed by atoms with E-state index in [4.69, 9.17) is 0 Å². The second kappa shape index (κ2) is 4.31. The minimum absolute atomic E-state index is 0.648. The van der Waals surface area contributed by atoms with Crippen LogP contribution < -0.4 is 0 Å². The topological polar surface area (TPSA) is 58.4 Å². The zero-order chi connectivity index (χ0) is 12.5. The fourth-order valence-electron chi connectivity index (χ4n) is 2.20. The Balaban J connectivity index is 2.05. The van der Waals surface area contributed by atoms with Crippen molar-refractivity contribution in [2.24, 2.45) is 4.99 Å². The van der Waals surface area contributed by atoms with Crippen LogP contribution in [-0.2, 0) is 6.42 Å². The van der Waals surface area contributed by atoms with Gasteiger partial charge in [-0.3, -0.25) is 9.97 Å². The summed E-state index contributed by atoms with van der Waals surface area (Å²) in [5.41, 5.74) is 4.40. The van der Waals surface area contributed by atoms with Crippen molar-refractivity contribution in [1.29, 1.82) is 0 Å². The van der Waals surface area contributed by atoms with Crippen LogP contribution in [0.1, 0.15) is 28.7 Å². The highest BCUT2D eigenvalue weighted by atomic mass is 16.3. The molecule has 2 aromatic heterocycles. The van der Waals surface area contributed by atoms with Gasteiger partial charge in [0.15, 0.2) is 6.23 Å². The van der Waals surface area contributed by atoms with Crippen molar-refractivity contribution in [1.82, 2.24) is 9.97 Å². The van der Waals surface area contributed by atoms with Gasteiger partial charge in [0.2, 0.25) is 0 Å². The number of nitrogens with zero attached hydrogens (tertiary/aromatic N) is 3. The van der Waals surface area contributed by atoms with Gasteiger partial charge < -0.3 is 5.11 Å². The van der Waals surface area contributed by atoms with Gasteiger partial charge in [0.25, 0.3) is 0 Å². The number of aryl methyl sites for hydroxylation is 1. The molecule has 1 aliphatic heterocycles. The Kier molecular flexibility index (Phi) is 2.64. The molecule has 0 amide bonds. The quantitative estimate of drug-likeness (QED) is 0.825. The Morgan fingerprint density at radius 3 is 2.78 bits per heavy atom. The highest BCUT2D eigenvalue weighted by Crippen LogP contribution is 2.25. The van der Waals surface area contributed by atoms with E-state index in [-0.39, 0.29) is 0 Å². The maximum Gasteiger partial charge on any atom is 0.189 e. The first kappa shape index (κ1) is 11.0. The Bertz CT molecular complexity index is 622. The van der Waals surface area contributed by atoms with Crippen molar-refractivity contribution in [3.63, 3.8) is 0 Å². The van der Waals surface area contributed by atoms with Gasteiger partial charge in [-0.15, -0.1) is 0 Å². The van der Waals surface area contributed by atoms with Gasteiger partial charge in [0.1, 0.15) is 0 Å². The minimum atomic E-state index is -0.883. The summed E-state index contributed by atoms with van der Waals surface area (Å²) in [6.45, 7) is 2.00. The molecule has 1 aliphatic rings. The Morgan fingerprint density at radius 1 is 1.17 bits per heavy atom. The van der Waals surface area contributed by atoms with E-state index in [1.807, 2.05) is 31.2 Å². The van der Waals surface area contributed by atoms with Gasteiger partial charge in [-0.05, 0) is 30.2 Å². The first-order chi connectivity index (χ1) is 8.75. The zero-order valence-electron chi connectivity index (χ0n) is 10.0. The molecule has 1 atom stereocenters. The lowest BCUT2D eigenvalue weighted by Gasteiger charge is -2.19. The van der Waals surface area contributed by atoms with Gasteiger partial charge in [-0.1, -0.05) is 12.1 Å². The molecule has 0 bridgehead atoms. The lowest BCUT2D eigenvalue weighted by molar-refractivity contribution is 0.180. The monoisotopic (exact) mass is 239 g/mol. The third-order valence-electron chi connectivity index (χ3n) is 3.09. The molecule has 4 heteroatoms. The van der Waals surface area contributed by atoms with Crippen molar-refractivity contribution in [2.75, 3.05) is 0 Å². The number of pyridine rings is 2. The molecular formula is C14H13N3O. The van der Waals surface area contributed by atoms with Crippen LogP contribution in [0.15, 0.2) is 41.7 Å². The SMILES string of the molecule is Cc1cccnc1C1=NC(O)c2ncccc2C1. The number of aliphatic imine (C=N–C) groups is 1. The second-order valence-corrected chi connectivity index (χ2v) is 4.34. The number of hydrogen-bond donors (Lipinski definition) is 1. The van der Waals surface area contributed by atoms with Crippen LogP contribution in [0.2, 0.25) is 0 Å². The molecule has 0 saturated carbocycles. The summed E-state index contributed by atoms with van der Waals surface area (Å²) in [6, 6.07) is 7.74. The molecule has 0 spiro atoms. The van der Waals surface area contributed by atoms with Gasteiger partial charge in [0, 0.05) is 18.8 Å². The highest BCUT2D eigenvalue weighted by Gasteiger charge is 2.22. The molecule has 4 nitrogen and oxygen atoms in total. The molecule has 0 fully saturated rings. The summed E-state index contributed by atoms with van der Waals surface area (Å²) in [4.78, 5) is 12.8. The van der Waals surface area contributed by atoms with Crippen LogP contribution >= 0.6 is 0 Å². The maximum atomic E-state index is 10.0. The van der Waals surface area contributed by atoms with Crippen molar-refractivity contribution in [3.05, 3.63) is 59.2 Å². The van der Waals surface area contributed by atoms with Crippen LogP contribution in [0.5, 0.6) is 0 Å². The third-order valence-corrected chi connectivity index (χ3v) is 3.09. The van der Waals surface area contributed by atoms with E-state index in [0.29, 0.717) is 12.1 Å². The maximum absolute atomic E-state index is 10.0. The van der Waals surface area contributed by atoms with Crippen molar-refractivity contribution < 1.29 is 5.11 Å². The summed E-state index contributed by atoms with van der Waals surface area (Å²) in [7, 11) is 0. The Hall–Kier alpha value is -2.07. The van der Waals surface area contributed by atoms with Crippen LogP contribution in [0.4, 0.5) is 0 Å². The molecular weight excluding hydrogens is 226 g/mol. The molecule has 0 aromatic carbocycles. The summed E-state index contributed by atoms with van der Waals surface area (Å²) in [5.74, 6) is 0. The van der Waals surface area contributed by atoms with Crippen LogP contribution in [-0.4, -0.2) is 20.8 Å². The molecule has 1 N–H and O–H groups in total. The fourth-order valence-corrected chi connectivity index (χ4v) is 2.20. The van der Waals surface area contributed by atoms with Gasteiger partial charge in [0.05, 0.1) is 17.1 Å². The molecule has 18 heavy (non-hydrogen) atoms. The minimum Gasteiger partial charge on any atom is -0.367 e. The van der Waals surface area contributed by atoms with Crippen molar-refractivity contribution in [2.45, 2.75) is 19.6 Å². The van der Waals surface area contributed by atoms with Crippen LogP contribution in [0.25, 0.3) is 0 Å². The lowest BCUT2D eigenvalue weighted by Crippen LogP contribution is -2.19. The number of aliphatic hydroxyl groups excluding tert-OH is 1. The number of rotatable bonds is 1. The molecule has 0 aliphatic carbocycles. The van der Waals surface area contributed by atoms with E-state index in [2.05, 4.69) is 15.0 Å². The molecule has 0 radical (unpaired) electrons. The lowest BCUT2D eigenvalue weighted by atomic mass is 9.98. The average Bonchev–Trinajstić information content (AvgIpc) is 2.39.